The molecule has 0 bridgehead atoms. The molecular formula is C17H23N3O6S. The lowest BCUT2D eigenvalue weighted by Crippen LogP contribution is -2.61. The minimum Gasteiger partial charge on any atom is -0.449 e. The van der Waals surface area contributed by atoms with Crippen LogP contribution in [0.2, 0.25) is 0 Å². The molecule has 0 aliphatic carbocycles. The Balaban J connectivity index is 1.44. The number of rotatable bonds is 5. The molecule has 4 aliphatic heterocycles. The number of carboxylic acid groups (broad SMARTS) is 1. The highest BCUT2D eigenvalue weighted by atomic mass is 32.2. The van der Waals surface area contributed by atoms with Gasteiger partial charge >= 0.3 is 6.16 Å². The van der Waals surface area contributed by atoms with Crippen LogP contribution in [-0.2, 0) is 14.3 Å². The van der Waals surface area contributed by atoms with Crippen LogP contribution in [0.15, 0.2) is 10.8 Å². The Labute approximate surface area is 160 Å². The van der Waals surface area contributed by atoms with Crippen LogP contribution >= 0.6 is 11.8 Å². The molecule has 0 aromatic heterocycles. The maximum Gasteiger partial charge on any atom is 0.512 e. The zero-order valence-electron chi connectivity index (χ0n) is 15.1. The predicted molar refractivity (Wildman–Crippen MR) is 95.5 cm³/mol. The smallest absolute Gasteiger partial charge is 0.449 e. The van der Waals surface area contributed by atoms with Crippen LogP contribution in [0.4, 0.5) is 4.79 Å². The number of likely N-dealkylation sites (tertiary alicyclic amines) is 1. The SMILES string of the molecule is C[C@@H](O)[C@H]1C(=O)N2C(OC(=O)O)=C(S[C@@H]3CN[C@H](C4CC(=O)N4C)C3)C[C@H]12. The van der Waals surface area contributed by atoms with Crippen molar-refractivity contribution in [3.05, 3.63) is 10.8 Å². The second-order valence-electron chi connectivity index (χ2n) is 7.61. The van der Waals surface area contributed by atoms with E-state index in [2.05, 4.69) is 5.32 Å². The van der Waals surface area contributed by atoms with Gasteiger partial charge in [0.25, 0.3) is 0 Å². The van der Waals surface area contributed by atoms with Crippen molar-refractivity contribution in [3.63, 3.8) is 0 Å². The van der Waals surface area contributed by atoms with E-state index in [1.54, 1.807) is 11.8 Å². The minimum atomic E-state index is -1.45. The summed E-state index contributed by atoms with van der Waals surface area (Å²) >= 11 is 1.54. The van der Waals surface area contributed by atoms with Crippen molar-refractivity contribution >= 4 is 29.7 Å². The summed E-state index contributed by atoms with van der Waals surface area (Å²) in [6, 6.07) is 0.186. The van der Waals surface area contributed by atoms with Crippen molar-refractivity contribution in [2.75, 3.05) is 13.6 Å². The third-order valence-corrected chi connectivity index (χ3v) is 7.32. The number of amides is 2. The van der Waals surface area contributed by atoms with Crippen molar-refractivity contribution in [1.82, 2.24) is 15.1 Å². The van der Waals surface area contributed by atoms with Gasteiger partial charge in [-0.25, -0.2) is 4.79 Å². The number of hydrogen-bond acceptors (Lipinski definition) is 7. The Morgan fingerprint density at radius 1 is 1.33 bits per heavy atom. The monoisotopic (exact) mass is 397 g/mol. The maximum absolute atomic E-state index is 12.3. The van der Waals surface area contributed by atoms with E-state index in [1.807, 2.05) is 7.05 Å². The van der Waals surface area contributed by atoms with Gasteiger partial charge in [0.15, 0.2) is 0 Å². The Morgan fingerprint density at radius 3 is 2.67 bits per heavy atom. The lowest BCUT2D eigenvalue weighted by molar-refractivity contribution is -0.161. The standard InChI is InChI=1S/C17H23N3O6S/c1-7(21)14-11-4-12(16(26-17(24)25)20(11)15(14)23)27-8-3-9(18-6-8)10-5-13(22)19(10)2/h7-11,14,18,21H,3-6H2,1-2H3,(H,24,25)/t7-,8+,9+,10?,11-,14-/m1/s1. The van der Waals surface area contributed by atoms with Gasteiger partial charge in [0.05, 0.1) is 24.1 Å². The Bertz CT molecular complexity index is 725. The van der Waals surface area contributed by atoms with Gasteiger partial charge in [0, 0.05) is 42.6 Å². The maximum atomic E-state index is 12.3. The molecule has 6 atom stereocenters. The number of β-lactam (4-membered cyclic amide) rings is 2. The summed E-state index contributed by atoms with van der Waals surface area (Å²) in [5, 5.41) is 22.5. The zero-order valence-corrected chi connectivity index (χ0v) is 15.9. The molecule has 9 nitrogen and oxygen atoms in total. The summed E-state index contributed by atoms with van der Waals surface area (Å²) < 4.78 is 4.93. The van der Waals surface area contributed by atoms with E-state index in [1.165, 1.54) is 16.7 Å². The molecule has 0 spiro atoms. The molecule has 4 rings (SSSR count). The highest BCUT2D eigenvalue weighted by Gasteiger charge is 2.57. The van der Waals surface area contributed by atoms with Gasteiger partial charge in [-0.05, 0) is 13.3 Å². The molecule has 10 heteroatoms. The van der Waals surface area contributed by atoms with E-state index in [9.17, 15) is 19.5 Å². The number of nitrogens with one attached hydrogen (secondary N) is 1. The molecule has 3 fully saturated rings. The number of aliphatic hydroxyl groups is 1. The molecular weight excluding hydrogens is 374 g/mol. The van der Waals surface area contributed by atoms with Crippen LogP contribution in [0.5, 0.6) is 0 Å². The summed E-state index contributed by atoms with van der Waals surface area (Å²) in [6.07, 6.45) is -0.318. The number of carbonyl (C=O) groups is 3. The zero-order chi connectivity index (χ0) is 19.5. The van der Waals surface area contributed by atoms with Gasteiger partial charge in [-0.3, -0.25) is 14.5 Å². The van der Waals surface area contributed by atoms with Gasteiger partial charge in [0.1, 0.15) is 0 Å². The van der Waals surface area contributed by atoms with Gasteiger partial charge < -0.3 is 25.2 Å². The Hall–Kier alpha value is -1.78. The second-order valence-corrected chi connectivity index (χ2v) is 9.00. The first kappa shape index (κ1) is 18.6. The molecule has 1 unspecified atom stereocenters. The molecule has 4 heterocycles. The quantitative estimate of drug-likeness (QED) is 0.443. The van der Waals surface area contributed by atoms with E-state index < -0.39 is 18.2 Å². The average molecular weight is 397 g/mol. The lowest BCUT2D eigenvalue weighted by atomic mass is 9.84. The molecule has 148 valence electrons. The highest BCUT2D eigenvalue weighted by molar-refractivity contribution is 8.03. The average Bonchev–Trinajstić information content (AvgIpc) is 3.15. The molecule has 27 heavy (non-hydrogen) atoms. The molecule has 0 saturated carbocycles. The molecule has 0 aromatic carbocycles. The number of ether oxygens (including phenoxy) is 1. The van der Waals surface area contributed by atoms with E-state index in [4.69, 9.17) is 9.84 Å². The van der Waals surface area contributed by atoms with Crippen LogP contribution < -0.4 is 5.32 Å². The predicted octanol–water partition coefficient (Wildman–Crippen LogP) is 0.156. The molecule has 3 N–H and O–H groups in total. The van der Waals surface area contributed by atoms with Crippen molar-refractivity contribution in [2.24, 2.45) is 5.92 Å². The van der Waals surface area contributed by atoms with Gasteiger partial charge in [-0.1, -0.05) is 0 Å². The van der Waals surface area contributed by atoms with Gasteiger partial charge in [-0.2, -0.15) is 0 Å². The van der Waals surface area contributed by atoms with E-state index >= 15 is 0 Å². The normalized spacial score (nSPS) is 36.5. The molecule has 0 aromatic rings. The van der Waals surface area contributed by atoms with E-state index in [0.717, 1.165) is 17.9 Å². The third-order valence-electron chi connectivity index (χ3n) is 6.00. The van der Waals surface area contributed by atoms with Crippen LogP contribution in [-0.4, -0.2) is 81.1 Å². The Morgan fingerprint density at radius 2 is 2.07 bits per heavy atom. The first-order valence-corrected chi connectivity index (χ1v) is 9.96. The summed E-state index contributed by atoms with van der Waals surface area (Å²) in [5.74, 6) is -0.558. The molecule has 0 radical (unpaired) electrons. The van der Waals surface area contributed by atoms with E-state index in [0.29, 0.717) is 12.8 Å². The number of thioether (sulfide) groups is 1. The van der Waals surface area contributed by atoms with Crippen molar-refractivity contribution < 1.29 is 29.3 Å². The summed E-state index contributed by atoms with van der Waals surface area (Å²) in [7, 11) is 1.81. The van der Waals surface area contributed by atoms with Crippen LogP contribution in [0.1, 0.15) is 26.2 Å². The fraction of sp³-hybridized carbons (Fsp3) is 0.706. The number of aliphatic hydroxyl groups excluding tert-OH is 1. The van der Waals surface area contributed by atoms with Gasteiger partial charge in [-0.15, -0.1) is 11.8 Å². The Kier molecular flexibility index (Phi) is 4.59. The van der Waals surface area contributed by atoms with Crippen LogP contribution in [0.25, 0.3) is 0 Å². The number of likely N-dealkylation sites (N-methyl/N-ethyl adjacent to an activating group) is 1. The highest BCUT2D eigenvalue weighted by Crippen LogP contribution is 2.49. The third kappa shape index (κ3) is 2.99. The number of nitrogens with zero attached hydrogens (tertiary/aromatic N) is 2. The van der Waals surface area contributed by atoms with Crippen LogP contribution in [0.3, 0.4) is 0 Å². The minimum absolute atomic E-state index is 0.0961. The summed E-state index contributed by atoms with van der Waals surface area (Å²) in [5.41, 5.74) is 0. The summed E-state index contributed by atoms with van der Waals surface area (Å²) in [4.78, 5) is 38.7. The van der Waals surface area contributed by atoms with Crippen molar-refractivity contribution in [1.29, 1.82) is 0 Å². The molecule has 3 saturated heterocycles. The van der Waals surface area contributed by atoms with Crippen molar-refractivity contribution in [3.8, 4) is 0 Å². The fourth-order valence-electron chi connectivity index (χ4n) is 4.52. The lowest BCUT2D eigenvalue weighted by Gasteiger charge is -2.44. The fourth-order valence-corrected chi connectivity index (χ4v) is 5.92. The first-order valence-electron chi connectivity index (χ1n) is 9.08. The first-order chi connectivity index (χ1) is 12.8. The summed E-state index contributed by atoms with van der Waals surface area (Å²) in [6.45, 7) is 2.32. The number of hydrogen-bond donors (Lipinski definition) is 3. The van der Waals surface area contributed by atoms with Crippen LogP contribution in [0, 0.1) is 5.92 Å². The van der Waals surface area contributed by atoms with Gasteiger partial charge in [0.2, 0.25) is 17.7 Å². The molecule has 4 aliphatic rings. The van der Waals surface area contributed by atoms with E-state index in [-0.39, 0.29) is 41.1 Å². The number of carbonyl (C=O) groups excluding carboxylic acids is 2. The number of fused-ring (bicyclic) bond motifs is 1. The topological polar surface area (TPSA) is 119 Å². The second kappa shape index (κ2) is 6.68. The largest absolute Gasteiger partial charge is 0.512 e. The molecule has 2 amide bonds. The van der Waals surface area contributed by atoms with Crippen molar-refractivity contribution in [2.45, 2.75) is 55.7 Å².